The molecule has 178 valence electrons. The van der Waals surface area contributed by atoms with Crippen LogP contribution in [0.25, 0.3) is 0 Å². The molecule has 0 spiro atoms. The summed E-state index contributed by atoms with van der Waals surface area (Å²) < 4.78 is 2.22. The fourth-order valence-electron chi connectivity index (χ4n) is 4.79. The Kier molecular flexibility index (Phi) is 7.84. The van der Waals surface area contributed by atoms with E-state index in [2.05, 4.69) is 35.9 Å². The van der Waals surface area contributed by atoms with Crippen molar-refractivity contribution < 1.29 is 9.59 Å². The molecule has 1 aromatic heterocycles. The molecule has 2 heterocycles. The van der Waals surface area contributed by atoms with E-state index >= 15 is 0 Å². The molecule has 34 heavy (non-hydrogen) atoms. The molecule has 0 bridgehead atoms. The number of carbonyl (C=O) groups is 2. The largest absolute Gasteiger partial charge is 0.348 e. The number of amides is 2. The molecular formula is C29H35N3O2. The topological polar surface area (TPSA) is 45.6 Å². The molecule has 0 N–H and O–H groups in total. The zero-order valence-corrected chi connectivity index (χ0v) is 20.3. The number of benzene rings is 2. The SMILES string of the molecule is CCCCc1ccc(C(=O)N(CCC)CC(=O)N2CCn3cccc3C2c2ccccc2)cc1. The third-order valence-corrected chi connectivity index (χ3v) is 6.60. The van der Waals surface area contributed by atoms with E-state index < -0.39 is 0 Å². The normalized spacial score (nSPS) is 15.1. The smallest absolute Gasteiger partial charge is 0.254 e. The van der Waals surface area contributed by atoms with Crippen LogP contribution in [-0.4, -0.2) is 45.8 Å². The van der Waals surface area contributed by atoms with Crippen LogP contribution in [0.4, 0.5) is 0 Å². The summed E-state index contributed by atoms with van der Waals surface area (Å²) in [4.78, 5) is 30.6. The van der Waals surface area contributed by atoms with Crippen molar-refractivity contribution in [1.29, 1.82) is 0 Å². The molecule has 2 amide bonds. The Bertz CT molecular complexity index is 1090. The van der Waals surface area contributed by atoms with Gasteiger partial charge in [0.2, 0.25) is 5.91 Å². The van der Waals surface area contributed by atoms with Gasteiger partial charge < -0.3 is 14.4 Å². The van der Waals surface area contributed by atoms with Gasteiger partial charge in [-0.1, -0.05) is 62.7 Å². The summed E-state index contributed by atoms with van der Waals surface area (Å²) in [5, 5.41) is 0. The lowest BCUT2D eigenvalue weighted by Gasteiger charge is -2.38. The minimum absolute atomic E-state index is 0.0114. The summed E-state index contributed by atoms with van der Waals surface area (Å²) in [6.45, 7) is 6.26. The van der Waals surface area contributed by atoms with Crippen LogP contribution < -0.4 is 0 Å². The Morgan fingerprint density at radius 3 is 2.38 bits per heavy atom. The molecule has 4 rings (SSSR count). The molecule has 0 radical (unpaired) electrons. The second kappa shape index (κ2) is 11.2. The van der Waals surface area contributed by atoms with Gasteiger partial charge in [0.1, 0.15) is 6.54 Å². The maximum atomic E-state index is 13.6. The van der Waals surface area contributed by atoms with Gasteiger partial charge in [-0.2, -0.15) is 0 Å². The zero-order valence-electron chi connectivity index (χ0n) is 20.3. The highest BCUT2D eigenvalue weighted by molar-refractivity contribution is 5.96. The first-order chi connectivity index (χ1) is 16.6. The Labute approximate surface area is 203 Å². The Hall–Kier alpha value is -3.34. The number of fused-ring (bicyclic) bond motifs is 1. The van der Waals surface area contributed by atoms with Crippen LogP contribution in [0.2, 0.25) is 0 Å². The van der Waals surface area contributed by atoms with Gasteiger partial charge in [-0.3, -0.25) is 9.59 Å². The summed E-state index contributed by atoms with van der Waals surface area (Å²) in [5.41, 5.74) is 4.10. The third-order valence-electron chi connectivity index (χ3n) is 6.60. The van der Waals surface area contributed by atoms with Crippen LogP contribution in [0.1, 0.15) is 66.3 Å². The molecule has 1 aliphatic heterocycles. The van der Waals surface area contributed by atoms with Crippen molar-refractivity contribution >= 4 is 11.8 Å². The zero-order chi connectivity index (χ0) is 23.9. The van der Waals surface area contributed by atoms with Gasteiger partial charge in [0.05, 0.1) is 6.04 Å². The molecule has 0 saturated carbocycles. The highest BCUT2D eigenvalue weighted by Gasteiger charge is 2.33. The molecule has 3 aromatic rings. The van der Waals surface area contributed by atoms with Gasteiger partial charge in [0.15, 0.2) is 0 Å². The van der Waals surface area contributed by atoms with Crippen LogP contribution in [0.3, 0.4) is 0 Å². The average Bonchev–Trinajstić information content (AvgIpc) is 3.36. The number of carbonyl (C=O) groups excluding carboxylic acids is 2. The van der Waals surface area contributed by atoms with Gasteiger partial charge in [-0.05, 0) is 54.7 Å². The highest BCUT2D eigenvalue weighted by Crippen LogP contribution is 2.32. The van der Waals surface area contributed by atoms with Crippen LogP contribution in [0.5, 0.6) is 0 Å². The number of rotatable bonds is 9. The molecule has 5 nitrogen and oxygen atoms in total. The Balaban J connectivity index is 1.53. The second-order valence-corrected chi connectivity index (χ2v) is 9.05. The second-order valence-electron chi connectivity index (χ2n) is 9.05. The number of aryl methyl sites for hydroxylation is 1. The molecular weight excluding hydrogens is 422 g/mol. The van der Waals surface area contributed by atoms with Crippen molar-refractivity contribution in [3.8, 4) is 0 Å². The summed E-state index contributed by atoms with van der Waals surface area (Å²) in [7, 11) is 0. The fraction of sp³-hybridized carbons (Fsp3) is 0.379. The van der Waals surface area contributed by atoms with E-state index in [-0.39, 0.29) is 24.4 Å². The first-order valence-electron chi connectivity index (χ1n) is 12.5. The maximum absolute atomic E-state index is 13.6. The van der Waals surface area contributed by atoms with Crippen LogP contribution in [-0.2, 0) is 17.8 Å². The van der Waals surface area contributed by atoms with E-state index in [0.29, 0.717) is 18.7 Å². The van der Waals surface area contributed by atoms with Crippen molar-refractivity contribution in [2.24, 2.45) is 0 Å². The predicted octanol–water partition coefficient (Wildman–Crippen LogP) is 5.31. The fourth-order valence-corrected chi connectivity index (χ4v) is 4.79. The van der Waals surface area contributed by atoms with Gasteiger partial charge in [-0.25, -0.2) is 0 Å². The lowest BCUT2D eigenvalue weighted by atomic mass is 10.00. The van der Waals surface area contributed by atoms with Crippen molar-refractivity contribution in [3.63, 3.8) is 0 Å². The van der Waals surface area contributed by atoms with Crippen LogP contribution in [0.15, 0.2) is 72.9 Å². The number of unbranched alkanes of at least 4 members (excludes halogenated alkanes) is 1. The van der Waals surface area contributed by atoms with E-state index in [1.165, 1.54) is 5.56 Å². The monoisotopic (exact) mass is 457 g/mol. The lowest BCUT2D eigenvalue weighted by Crippen LogP contribution is -2.48. The van der Waals surface area contributed by atoms with Crippen LogP contribution >= 0.6 is 0 Å². The standard InChI is InChI=1S/C29H35N3O2/c1-3-5-10-23-14-16-25(17-15-23)29(34)31(18-4-2)22-27(33)32-21-20-30-19-9-13-26(30)28(32)24-11-7-6-8-12-24/h6-9,11-17,19,28H,3-5,10,18,20-22H2,1-2H3. The van der Waals surface area contributed by atoms with Gasteiger partial charge in [-0.15, -0.1) is 0 Å². The molecule has 0 saturated heterocycles. The average molecular weight is 458 g/mol. The Morgan fingerprint density at radius 2 is 1.68 bits per heavy atom. The maximum Gasteiger partial charge on any atom is 0.254 e. The minimum atomic E-state index is -0.145. The summed E-state index contributed by atoms with van der Waals surface area (Å²) in [6.07, 6.45) is 6.20. The van der Waals surface area contributed by atoms with Gasteiger partial charge in [0, 0.05) is 37.1 Å². The minimum Gasteiger partial charge on any atom is -0.348 e. The highest BCUT2D eigenvalue weighted by atomic mass is 16.2. The van der Waals surface area contributed by atoms with Gasteiger partial charge >= 0.3 is 0 Å². The van der Waals surface area contributed by atoms with E-state index in [1.54, 1.807) is 4.90 Å². The summed E-state index contributed by atoms with van der Waals surface area (Å²) in [6, 6.07) is 22.0. The van der Waals surface area contributed by atoms with Crippen molar-refractivity contribution in [2.45, 2.75) is 52.1 Å². The first kappa shape index (κ1) is 23.8. The molecule has 0 fully saturated rings. The van der Waals surface area contributed by atoms with E-state index in [0.717, 1.165) is 43.5 Å². The third kappa shape index (κ3) is 5.24. The molecule has 1 unspecified atom stereocenters. The molecule has 1 aliphatic rings. The summed E-state index contributed by atoms with van der Waals surface area (Å²) in [5.74, 6) is -0.0865. The van der Waals surface area contributed by atoms with Crippen molar-refractivity contribution in [3.05, 3.63) is 95.3 Å². The number of aromatic nitrogens is 1. The van der Waals surface area contributed by atoms with E-state index in [1.807, 2.05) is 60.4 Å². The van der Waals surface area contributed by atoms with Crippen molar-refractivity contribution in [1.82, 2.24) is 14.4 Å². The molecule has 1 atom stereocenters. The number of hydrogen-bond acceptors (Lipinski definition) is 2. The molecule has 5 heteroatoms. The van der Waals surface area contributed by atoms with E-state index in [4.69, 9.17) is 0 Å². The quantitative estimate of drug-likeness (QED) is 0.437. The first-order valence-corrected chi connectivity index (χ1v) is 12.5. The number of hydrogen-bond donors (Lipinski definition) is 0. The number of nitrogens with zero attached hydrogens (tertiary/aromatic N) is 3. The molecule has 0 aliphatic carbocycles. The van der Waals surface area contributed by atoms with Crippen molar-refractivity contribution in [2.75, 3.05) is 19.6 Å². The van der Waals surface area contributed by atoms with Gasteiger partial charge in [0.25, 0.3) is 5.91 Å². The van der Waals surface area contributed by atoms with E-state index in [9.17, 15) is 9.59 Å². The summed E-state index contributed by atoms with van der Waals surface area (Å²) >= 11 is 0. The Morgan fingerprint density at radius 1 is 0.912 bits per heavy atom. The lowest BCUT2D eigenvalue weighted by molar-refractivity contribution is -0.134. The molecule has 2 aromatic carbocycles. The predicted molar refractivity (Wildman–Crippen MR) is 136 cm³/mol. The van der Waals surface area contributed by atoms with Crippen LogP contribution in [0, 0.1) is 0 Å².